The number of para-hydroxylation sites is 1. The Labute approximate surface area is 212 Å². The molecule has 5 rings (SSSR count). The van der Waals surface area contributed by atoms with Crippen LogP contribution < -0.4 is 9.80 Å². The molecule has 0 aliphatic carbocycles. The Morgan fingerprint density at radius 2 is 1.70 bits per heavy atom. The van der Waals surface area contributed by atoms with Gasteiger partial charge in [0.25, 0.3) is 5.91 Å². The molecule has 0 saturated heterocycles. The van der Waals surface area contributed by atoms with Gasteiger partial charge in [0.2, 0.25) is 5.78 Å². The van der Waals surface area contributed by atoms with Crippen LogP contribution in [-0.4, -0.2) is 29.9 Å². The van der Waals surface area contributed by atoms with E-state index in [2.05, 4.69) is 4.90 Å². The van der Waals surface area contributed by atoms with Gasteiger partial charge in [0.05, 0.1) is 17.3 Å². The van der Waals surface area contributed by atoms with E-state index < -0.39 is 35.1 Å². The zero-order chi connectivity index (χ0) is 26.3. The number of rotatable bonds is 7. The third kappa shape index (κ3) is 4.14. The van der Waals surface area contributed by atoms with E-state index in [1.807, 2.05) is 26.0 Å². The molecule has 1 aromatic heterocycles. The Bertz CT molecular complexity index is 1500. The first kappa shape index (κ1) is 24.2. The third-order valence-electron chi connectivity index (χ3n) is 6.61. The van der Waals surface area contributed by atoms with Crippen molar-refractivity contribution in [2.24, 2.45) is 0 Å². The molecule has 0 saturated carbocycles. The van der Waals surface area contributed by atoms with Gasteiger partial charge in [-0.2, -0.15) is 0 Å². The van der Waals surface area contributed by atoms with Crippen molar-refractivity contribution >= 4 is 34.0 Å². The van der Waals surface area contributed by atoms with Gasteiger partial charge in [-0.05, 0) is 55.8 Å². The molecule has 0 fully saturated rings. The van der Waals surface area contributed by atoms with Crippen molar-refractivity contribution in [2.75, 3.05) is 22.9 Å². The monoisotopic (exact) mass is 502 g/mol. The molecule has 8 heteroatoms. The van der Waals surface area contributed by atoms with Crippen LogP contribution in [0.4, 0.5) is 20.2 Å². The van der Waals surface area contributed by atoms with E-state index in [0.29, 0.717) is 16.5 Å². The molecule has 1 unspecified atom stereocenters. The van der Waals surface area contributed by atoms with E-state index in [4.69, 9.17) is 4.42 Å². The highest BCUT2D eigenvalue weighted by atomic mass is 19.1. The summed E-state index contributed by atoms with van der Waals surface area (Å²) in [6, 6.07) is 17.1. The van der Waals surface area contributed by atoms with Crippen LogP contribution in [0.25, 0.3) is 11.0 Å². The van der Waals surface area contributed by atoms with Gasteiger partial charge in [-0.15, -0.1) is 0 Å². The van der Waals surface area contributed by atoms with Gasteiger partial charge in [-0.1, -0.05) is 30.3 Å². The summed E-state index contributed by atoms with van der Waals surface area (Å²) in [5.74, 6) is -4.30. The standard InChI is InChI=1S/C29H24F2N2O4/c1-3-32(4-2)20-12-9-17(10-13-20)26-25(27(34)24-15-18-7-5-6-8-23(18)37-24)28(35)29(36)33(26)22-16-19(30)11-14-21(22)31/h5-16,26,35H,3-4H2,1-2H3. The van der Waals surface area contributed by atoms with Crippen molar-refractivity contribution < 1.29 is 27.9 Å². The van der Waals surface area contributed by atoms with E-state index in [-0.39, 0.29) is 17.0 Å². The van der Waals surface area contributed by atoms with Gasteiger partial charge in [0, 0.05) is 30.2 Å². The molecule has 2 heterocycles. The van der Waals surface area contributed by atoms with Crippen LogP contribution in [0.1, 0.15) is 36.0 Å². The molecule has 0 radical (unpaired) electrons. The molecule has 1 amide bonds. The van der Waals surface area contributed by atoms with E-state index in [9.17, 15) is 23.5 Å². The lowest BCUT2D eigenvalue weighted by molar-refractivity contribution is -0.117. The summed E-state index contributed by atoms with van der Waals surface area (Å²) < 4.78 is 34.7. The van der Waals surface area contributed by atoms with Gasteiger partial charge < -0.3 is 14.4 Å². The first-order valence-corrected chi connectivity index (χ1v) is 11.9. The second kappa shape index (κ2) is 9.54. The van der Waals surface area contributed by atoms with Crippen LogP contribution in [0.5, 0.6) is 0 Å². The zero-order valence-corrected chi connectivity index (χ0v) is 20.2. The van der Waals surface area contributed by atoms with Gasteiger partial charge in [-0.25, -0.2) is 8.78 Å². The Balaban J connectivity index is 1.66. The summed E-state index contributed by atoms with van der Waals surface area (Å²) >= 11 is 0. The minimum atomic E-state index is -1.21. The summed E-state index contributed by atoms with van der Waals surface area (Å²) in [5, 5.41) is 11.6. The highest BCUT2D eigenvalue weighted by Gasteiger charge is 2.46. The zero-order valence-electron chi connectivity index (χ0n) is 20.2. The average Bonchev–Trinajstić information content (AvgIpc) is 3.45. The number of Topliss-reactive ketones (excluding diaryl/α,β-unsaturated/α-hetero) is 1. The second-order valence-electron chi connectivity index (χ2n) is 8.68. The van der Waals surface area contributed by atoms with Crippen LogP contribution in [0.15, 0.2) is 88.5 Å². The molecule has 3 aromatic carbocycles. The lowest BCUT2D eigenvalue weighted by Crippen LogP contribution is -2.32. The Morgan fingerprint density at radius 3 is 2.38 bits per heavy atom. The normalized spacial score (nSPS) is 15.6. The van der Waals surface area contributed by atoms with Crippen molar-refractivity contribution in [1.29, 1.82) is 0 Å². The second-order valence-corrected chi connectivity index (χ2v) is 8.68. The maximum absolute atomic E-state index is 14.9. The summed E-state index contributed by atoms with van der Waals surface area (Å²) in [4.78, 5) is 30.0. The number of furan rings is 1. The molecule has 0 spiro atoms. The number of anilines is 2. The first-order valence-electron chi connectivity index (χ1n) is 11.9. The fourth-order valence-corrected chi connectivity index (χ4v) is 4.75. The molecule has 4 aromatic rings. The molecule has 1 atom stereocenters. The number of halogens is 2. The van der Waals surface area contributed by atoms with Gasteiger partial charge in [0.1, 0.15) is 17.2 Å². The topological polar surface area (TPSA) is 74.0 Å². The maximum atomic E-state index is 14.9. The van der Waals surface area contributed by atoms with Crippen molar-refractivity contribution in [2.45, 2.75) is 19.9 Å². The van der Waals surface area contributed by atoms with Crippen LogP contribution in [-0.2, 0) is 4.79 Å². The summed E-state index contributed by atoms with van der Waals surface area (Å²) in [5.41, 5.74) is 1.16. The largest absolute Gasteiger partial charge is 0.503 e. The van der Waals surface area contributed by atoms with E-state index in [0.717, 1.165) is 41.9 Å². The van der Waals surface area contributed by atoms with Crippen molar-refractivity contribution in [3.05, 3.63) is 107 Å². The highest BCUT2D eigenvalue weighted by molar-refractivity contribution is 6.20. The van der Waals surface area contributed by atoms with Crippen LogP contribution >= 0.6 is 0 Å². The molecule has 37 heavy (non-hydrogen) atoms. The molecular weight excluding hydrogens is 478 g/mol. The third-order valence-corrected chi connectivity index (χ3v) is 6.61. The number of ketones is 1. The van der Waals surface area contributed by atoms with Crippen molar-refractivity contribution in [3.8, 4) is 0 Å². The van der Waals surface area contributed by atoms with Gasteiger partial charge in [-0.3, -0.25) is 14.5 Å². The fraction of sp³-hybridized carbons (Fsp3) is 0.172. The molecule has 1 N–H and O–H groups in total. The number of benzene rings is 3. The van der Waals surface area contributed by atoms with Crippen molar-refractivity contribution in [1.82, 2.24) is 0 Å². The number of aliphatic hydroxyl groups is 1. The van der Waals surface area contributed by atoms with Crippen LogP contribution in [0, 0.1) is 11.6 Å². The van der Waals surface area contributed by atoms with Crippen LogP contribution in [0.2, 0.25) is 0 Å². The number of amides is 1. The number of fused-ring (bicyclic) bond motifs is 1. The number of aliphatic hydroxyl groups excluding tert-OH is 1. The molecule has 6 nitrogen and oxygen atoms in total. The summed E-state index contributed by atoms with van der Waals surface area (Å²) in [7, 11) is 0. The fourth-order valence-electron chi connectivity index (χ4n) is 4.75. The smallest absolute Gasteiger partial charge is 0.294 e. The predicted molar refractivity (Wildman–Crippen MR) is 137 cm³/mol. The van der Waals surface area contributed by atoms with Gasteiger partial charge in [0.15, 0.2) is 11.5 Å². The van der Waals surface area contributed by atoms with Crippen molar-refractivity contribution in [3.63, 3.8) is 0 Å². The molecule has 188 valence electrons. The summed E-state index contributed by atoms with van der Waals surface area (Å²) in [6.45, 7) is 5.59. The number of hydrogen-bond donors (Lipinski definition) is 1. The average molecular weight is 503 g/mol. The number of carbonyl (C=O) groups excluding carboxylic acids is 2. The first-order chi connectivity index (χ1) is 17.8. The Morgan fingerprint density at radius 1 is 1.00 bits per heavy atom. The molecule has 1 aliphatic rings. The lowest BCUT2D eigenvalue weighted by Gasteiger charge is -2.28. The van der Waals surface area contributed by atoms with E-state index >= 15 is 0 Å². The summed E-state index contributed by atoms with van der Waals surface area (Å²) in [6.07, 6.45) is 0. The minimum absolute atomic E-state index is 0.0816. The Kier molecular flexibility index (Phi) is 6.25. The Hall–Kier alpha value is -4.46. The van der Waals surface area contributed by atoms with E-state index in [1.54, 1.807) is 36.4 Å². The minimum Gasteiger partial charge on any atom is -0.503 e. The maximum Gasteiger partial charge on any atom is 0.294 e. The SMILES string of the molecule is CCN(CC)c1ccc(C2C(C(=O)c3cc4ccccc4o3)=C(O)C(=O)N2c2cc(F)ccc2F)cc1. The predicted octanol–water partition coefficient (Wildman–Crippen LogP) is 6.34. The van der Waals surface area contributed by atoms with Crippen LogP contribution in [0.3, 0.4) is 0 Å². The molecule has 1 aliphatic heterocycles. The number of carbonyl (C=O) groups is 2. The lowest BCUT2D eigenvalue weighted by atomic mass is 9.94. The van der Waals surface area contributed by atoms with E-state index in [1.165, 1.54) is 6.07 Å². The number of nitrogens with zero attached hydrogens (tertiary/aromatic N) is 2. The number of hydrogen-bond acceptors (Lipinski definition) is 5. The molecular formula is C29H24F2N2O4. The quantitative estimate of drug-likeness (QED) is 0.299. The molecule has 0 bridgehead atoms. The highest BCUT2D eigenvalue weighted by Crippen LogP contribution is 2.43. The van der Waals surface area contributed by atoms with Gasteiger partial charge >= 0.3 is 0 Å².